The fraction of sp³-hybridized carbons (Fsp3) is 0.714. The van der Waals surface area contributed by atoms with Crippen molar-refractivity contribution in [1.29, 1.82) is 0 Å². The second kappa shape index (κ2) is 10.5. The third-order valence-electron chi connectivity index (χ3n) is 0.832. The third kappa shape index (κ3) is 9.75. The first-order chi connectivity index (χ1) is 3.41. The van der Waals surface area contributed by atoms with E-state index in [1.807, 2.05) is 6.92 Å². The monoisotopic (exact) mass is 119 g/mol. The summed E-state index contributed by atoms with van der Waals surface area (Å²) in [5.74, 6) is 5.85. The van der Waals surface area contributed by atoms with Crippen LogP contribution in [0.2, 0.25) is 0 Å². The van der Waals surface area contributed by atoms with Crippen LogP contribution in [0, 0.1) is 11.8 Å². The van der Waals surface area contributed by atoms with Crippen molar-refractivity contribution in [2.45, 2.75) is 33.1 Å². The average Bonchev–Trinajstić information content (AvgIpc) is 1.69. The van der Waals surface area contributed by atoms with E-state index in [9.17, 15) is 0 Å². The van der Waals surface area contributed by atoms with E-state index in [0.717, 1.165) is 6.42 Å². The van der Waals surface area contributed by atoms with Crippen molar-refractivity contribution in [2.24, 2.45) is 0 Å². The van der Waals surface area contributed by atoms with Crippen LogP contribution in [0.4, 0.5) is 0 Å². The van der Waals surface area contributed by atoms with Crippen LogP contribution in [0.25, 0.3) is 0 Å². The van der Waals surface area contributed by atoms with Crippen LogP contribution in [0.3, 0.4) is 0 Å². The molecule has 0 heterocycles. The summed E-state index contributed by atoms with van der Waals surface area (Å²) in [7, 11) is 0. The van der Waals surface area contributed by atoms with Crippen molar-refractivity contribution in [2.75, 3.05) is 0 Å². The Morgan fingerprint density at radius 3 is 2.38 bits per heavy atom. The molecule has 0 amide bonds. The van der Waals surface area contributed by atoms with E-state index in [4.69, 9.17) is 0 Å². The van der Waals surface area contributed by atoms with E-state index in [1.165, 1.54) is 12.8 Å². The molecule has 0 N–H and O–H groups in total. The predicted octanol–water partition coefficient (Wildman–Crippen LogP) is 1.82. The van der Waals surface area contributed by atoms with Crippen LogP contribution in [0.1, 0.15) is 33.1 Å². The van der Waals surface area contributed by atoms with Gasteiger partial charge in [-0.05, 0) is 13.3 Å². The third-order valence-corrected chi connectivity index (χ3v) is 0.832. The molecular weight excluding hydrogens is 107 g/mol. The largest absolute Gasteiger partial charge is 0.107 e. The molecule has 0 saturated heterocycles. The second-order valence-electron chi connectivity index (χ2n) is 1.53. The number of rotatable bonds is 2. The molecule has 1 heteroatoms. The van der Waals surface area contributed by atoms with E-state index in [0.29, 0.717) is 0 Å². The average molecular weight is 119 g/mol. The standard InChI is InChI=1S/C7H12.Na/c1-3-5-7-6-4-2;/h3,5,7H2,1-2H3;. The van der Waals surface area contributed by atoms with Crippen LogP contribution in [0.15, 0.2) is 0 Å². The Labute approximate surface area is 74.3 Å². The van der Waals surface area contributed by atoms with Gasteiger partial charge in [-0.15, -0.1) is 11.8 Å². The van der Waals surface area contributed by atoms with Crippen molar-refractivity contribution < 1.29 is 0 Å². The van der Waals surface area contributed by atoms with Gasteiger partial charge in [0, 0.05) is 36.0 Å². The van der Waals surface area contributed by atoms with Crippen LogP contribution in [-0.2, 0) is 0 Å². The Balaban J connectivity index is 0. The van der Waals surface area contributed by atoms with Gasteiger partial charge in [-0.1, -0.05) is 13.3 Å². The first kappa shape index (κ1) is 11.4. The number of hydrogen-bond donors (Lipinski definition) is 0. The first-order valence-electron chi connectivity index (χ1n) is 2.81. The summed E-state index contributed by atoms with van der Waals surface area (Å²) < 4.78 is 0. The van der Waals surface area contributed by atoms with E-state index >= 15 is 0 Å². The Morgan fingerprint density at radius 1 is 1.38 bits per heavy atom. The summed E-state index contributed by atoms with van der Waals surface area (Å²) in [4.78, 5) is 0. The Morgan fingerprint density at radius 2 is 2.00 bits per heavy atom. The minimum atomic E-state index is 0. The minimum absolute atomic E-state index is 0. The summed E-state index contributed by atoms with van der Waals surface area (Å²) in [5, 5.41) is 0. The van der Waals surface area contributed by atoms with Crippen molar-refractivity contribution in [3.63, 3.8) is 0 Å². The Kier molecular flexibility index (Phi) is 15.0. The summed E-state index contributed by atoms with van der Waals surface area (Å²) in [6.07, 6.45) is 3.59. The first-order valence-corrected chi connectivity index (χ1v) is 2.81. The molecule has 0 bridgehead atoms. The van der Waals surface area contributed by atoms with Crippen LogP contribution in [0.5, 0.6) is 0 Å². The summed E-state index contributed by atoms with van der Waals surface area (Å²) in [6, 6.07) is 0. The molecule has 1 radical (unpaired) electrons. The second-order valence-corrected chi connectivity index (χ2v) is 1.53. The molecular formula is C7H12Na. The van der Waals surface area contributed by atoms with Crippen molar-refractivity contribution in [3.05, 3.63) is 0 Å². The number of unbranched alkanes of at least 4 members (excludes halogenated alkanes) is 2. The van der Waals surface area contributed by atoms with E-state index in [-0.39, 0.29) is 29.6 Å². The molecule has 0 atom stereocenters. The summed E-state index contributed by atoms with van der Waals surface area (Å²) in [5.41, 5.74) is 0. The smallest absolute Gasteiger partial charge is 0.00884 e. The van der Waals surface area contributed by atoms with Crippen LogP contribution >= 0.6 is 0 Å². The SMILES string of the molecule is CC#CCCCC.[Na]. The maximum Gasteiger partial charge on any atom is 0.00884 e. The maximum atomic E-state index is 3.00. The summed E-state index contributed by atoms with van der Waals surface area (Å²) in [6.45, 7) is 4.06. The van der Waals surface area contributed by atoms with E-state index in [2.05, 4.69) is 18.8 Å². The van der Waals surface area contributed by atoms with Gasteiger partial charge in [0.05, 0.1) is 0 Å². The molecule has 0 nitrogen and oxygen atoms in total. The maximum absolute atomic E-state index is 3.00. The molecule has 0 aliphatic carbocycles. The van der Waals surface area contributed by atoms with Gasteiger partial charge in [-0.3, -0.25) is 0 Å². The molecule has 0 fully saturated rings. The molecule has 41 valence electrons. The number of hydrogen-bond acceptors (Lipinski definition) is 0. The van der Waals surface area contributed by atoms with Gasteiger partial charge in [-0.2, -0.15) is 0 Å². The van der Waals surface area contributed by atoms with E-state index < -0.39 is 0 Å². The normalized spacial score (nSPS) is 6.25. The van der Waals surface area contributed by atoms with E-state index in [1.54, 1.807) is 0 Å². The zero-order valence-electron chi connectivity index (χ0n) is 6.12. The molecule has 8 heavy (non-hydrogen) atoms. The zero-order valence-corrected chi connectivity index (χ0v) is 8.12. The topological polar surface area (TPSA) is 0 Å². The van der Waals surface area contributed by atoms with Gasteiger partial charge in [-0.25, -0.2) is 0 Å². The molecule has 0 aromatic rings. The van der Waals surface area contributed by atoms with Gasteiger partial charge in [0.25, 0.3) is 0 Å². The Hall–Kier alpha value is 0.560. The van der Waals surface area contributed by atoms with Crippen LogP contribution in [-0.4, -0.2) is 29.6 Å². The Bertz CT molecular complexity index is 76.1. The molecule has 0 aromatic heterocycles. The van der Waals surface area contributed by atoms with Crippen molar-refractivity contribution >= 4 is 29.6 Å². The predicted molar refractivity (Wildman–Crippen MR) is 38.7 cm³/mol. The quantitative estimate of drug-likeness (QED) is 0.295. The molecule has 0 aliphatic heterocycles. The minimum Gasteiger partial charge on any atom is -0.107 e. The van der Waals surface area contributed by atoms with Gasteiger partial charge < -0.3 is 0 Å². The summed E-state index contributed by atoms with van der Waals surface area (Å²) >= 11 is 0. The van der Waals surface area contributed by atoms with Gasteiger partial charge in [0.1, 0.15) is 0 Å². The van der Waals surface area contributed by atoms with Gasteiger partial charge in [0.15, 0.2) is 0 Å². The van der Waals surface area contributed by atoms with Crippen molar-refractivity contribution in [1.82, 2.24) is 0 Å². The molecule has 0 spiro atoms. The zero-order chi connectivity index (χ0) is 5.54. The van der Waals surface area contributed by atoms with Gasteiger partial charge in [0.2, 0.25) is 0 Å². The fourth-order valence-electron chi connectivity index (χ4n) is 0.390. The van der Waals surface area contributed by atoms with Crippen molar-refractivity contribution in [3.8, 4) is 11.8 Å². The molecule has 0 rings (SSSR count). The molecule has 0 unspecified atom stereocenters. The van der Waals surface area contributed by atoms with Gasteiger partial charge >= 0.3 is 0 Å². The molecule has 0 aromatic carbocycles. The molecule has 0 aliphatic rings. The fourth-order valence-corrected chi connectivity index (χ4v) is 0.390. The molecule has 0 saturated carbocycles. The van der Waals surface area contributed by atoms with Crippen LogP contribution < -0.4 is 0 Å².